The fourth-order valence-electron chi connectivity index (χ4n) is 1.65. The molecule has 0 fully saturated rings. The van der Waals surface area contributed by atoms with E-state index in [1.54, 1.807) is 6.07 Å². The number of phenolic OH excluding ortho intramolecular Hbond substituents is 1. The minimum Gasteiger partial charge on any atom is -0.508 e. The normalized spacial score (nSPS) is 14.3. The number of hydrogen-bond donors (Lipinski definition) is 1. The molecule has 0 unspecified atom stereocenters. The lowest BCUT2D eigenvalue weighted by molar-refractivity contribution is -0.116. The molecule has 4 heteroatoms. The lowest BCUT2D eigenvalue weighted by Gasteiger charge is -2.10. The Morgan fingerprint density at radius 2 is 1.94 bits per heavy atom. The van der Waals surface area contributed by atoms with Crippen LogP contribution in [0.1, 0.15) is 18.9 Å². The Labute approximate surface area is 93.8 Å². The fraction of sp³-hybridized carbons (Fsp3) is 0.417. The minimum atomic E-state index is 0.00444. The molecule has 0 saturated heterocycles. The molecule has 1 aliphatic rings. The number of carbonyl (C=O) groups is 1. The maximum Gasteiger partial charge on any atom is 0.164 e. The molecule has 1 aromatic carbocycles. The van der Waals surface area contributed by atoms with Crippen LogP contribution in [0.25, 0.3) is 0 Å². The largest absolute Gasteiger partial charge is 0.508 e. The zero-order valence-electron chi connectivity index (χ0n) is 9.16. The zero-order chi connectivity index (χ0) is 11.5. The highest BCUT2D eigenvalue weighted by Gasteiger charge is 2.15. The van der Waals surface area contributed by atoms with Gasteiger partial charge in [-0.05, 0) is 13.0 Å². The van der Waals surface area contributed by atoms with E-state index in [-0.39, 0.29) is 18.0 Å². The zero-order valence-corrected chi connectivity index (χ0v) is 9.16. The van der Waals surface area contributed by atoms with Gasteiger partial charge in [-0.25, -0.2) is 0 Å². The number of fused-ring (bicyclic) bond motifs is 1. The summed E-state index contributed by atoms with van der Waals surface area (Å²) in [5, 5.41) is 9.72. The molecule has 1 aliphatic heterocycles. The average molecular weight is 222 g/mol. The van der Waals surface area contributed by atoms with Crippen molar-refractivity contribution in [2.24, 2.45) is 0 Å². The summed E-state index contributed by atoms with van der Waals surface area (Å²) in [6.07, 6.45) is 1.03. The summed E-state index contributed by atoms with van der Waals surface area (Å²) in [5.41, 5.74) is 0.580. The monoisotopic (exact) mass is 222 g/mol. The second-order valence-corrected chi connectivity index (χ2v) is 3.86. The number of aromatic hydroxyl groups is 1. The first-order chi connectivity index (χ1) is 7.66. The van der Waals surface area contributed by atoms with Gasteiger partial charge in [0.25, 0.3) is 0 Å². The molecule has 0 aromatic heterocycles. The van der Waals surface area contributed by atoms with Crippen molar-refractivity contribution >= 4 is 5.78 Å². The standard InChI is InChI=1S/C12H14O4/c1-8(13)5-9-6-11-12(7-10(9)14)16-4-2-3-15-11/h6-7,14H,2-5H2,1H3. The first kappa shape index (κ1) is 10.8. The van der Waals surface area contributed by atoms with E-state index in [0.717, 1.165) is 6.42 Å². The van der Waals surface area contributed by atoms with Crippen LogP contribution >= 0.6 is 0 Å². The van der Waals surface area contributed by atoms with Gasteiger partial charge < -0.3 is 14.6 Å². The predicted molar refractivity (Wildman–Crippen MR) is 58.1 cm³/mol. The van der Waals surface area contributed by atoms with Gasteiger partial charge in [0.1, 0.15) is 11.5 Å². The summed E-state index contributed by atoms with van der Waals surface area (Å²) in [6, 6.07) is 3.19. The topological polar surface area (TPSA) is 55.8 Å². The van der Waals surface area contributed by atoms with Gasteiger partial charge in [-0.3, -0.25) is 4.79 Å². The number of phenols is 1. The highest BCUT2D eigenvalue weighted by Crippen LogP contribution is 2.36. The molecule has 0 amide bonds. The lowest BCUT2D eigenvalue weighted by Crippen LogP contribution is -1.99. The molecule has 0 aliphatic carbocycles. The highest BCUT2D eigenvalue weighted by molar-refractivity contribution is 5.79. The Bertz CT molecular complexity index is 412. The van der Waals surface area contributed by atoms with Gasteiger partial charge in [0.2, 0.25) is 0 Å². The Balaban J connectivity index is 2.34. The lowest BCUT2D eigenvalue weighted by atomic mass is 10.1. The first-order valence-corrected chi connectivity index (χ1v) is 5.28. The number of benzene rings is 1. The molecular formula is C12H14O4. The van der Waals surface area contributed by atoms with E-state index < -0.39 is 0 Å². The van der Waals surface area contributed by atoms with E-state index in [1.807, 2.05) is 0 Å². The summed E-state index contributed by atoms with van der Waals surface area (Å²) >= 11 is 0. The van der Waals surface area contributed by atoms with Gasteiger partial charge in [-0.2, -0.15) is 0 Å². The first-order valence-electron chi connectivity index (χ1n) is 5.28. The van der Waals surface area contributed by atoms with E-state index in [1.165, 1.54) is 13.0 Å². The SMILES string of the molecule is CC(=O)Cc1cc2c(cc1O)OCCCO2. The van der Waals surface area contributed by atoms with Crippen LogP contribution in [0.2, 0.25) is 0 Å². The van der Waals surface area contributed by atoms with Crippen LogP contribution in [-0.2, 0) is 11.2 Å². The summed E-state index contributed by atoms with van der Waals surface area (Å²) in [6.45, 7) is 2.66. The number of ether oxygens (including phenoxy) is 2. The van der Waals surface area contributed by atoms with Gasteiger partial charge in [0.05, 0.1) is 13.2 Å². The molecule has 0 radical (unpaired) electrons. The van der Waals surface area contributed by atoms with Crippen LogP contribution in [0.5, 0.6) is 17.2 Å². The van der Waals surface area contributed by atoms with Gasteiger partial charge in [0, 0.05) is 24.5 Å². The molecule has 2 rings (SSSR count). The Hall–Kier alpha value is -1.71. The van der Waals surface area contributed by atoms with Crippen molar-refractivity contribution in [3.8, 4) is 17.2 Å². The highest BCUT2D eigenvalue weighted by atomic mass is 16.5. The van der Waals surface area contributed by atoms with E-state index in [2.05, 4.69) is 0 Å². The van der Waals surface area contributed by atoms with Crippen molar-refractivity contribution in [2.75, 3.05) is 13.2 Å². The third-order valence-electron chi connectivity index (χ3n) is 2.39. The van der Waals surface area contributed by atoms with E-state index in [0.29, 0.717) is 30.3 Å². The predicted octanol–water partition coefficient (Wildman–Crippen LogP) is 1.68. The second kappa shape index (κ2) is 4.43. The molecular weight excluding hydrogens is 208 g/mol. The maximum absolute atomic E-state index is 11.0. The molecule has 0 atom stereocenters. The van der Waals surface area contributed by atoms with E-state index in [9.17, 15) is 9.90 Å². The van der Waals surface area contributed by atoms with Gasteiger partial charge in [-0.1, -0.05) is 0 Å². The van der Waals surface area contributed by atoms with Gasteiger partial charge in [-0.15, -0.1) is 0 Å². The van der Waals surface area contributed by atoms with Crippen LogP contribution in [0.4, 0.5) is 0 Å². The summed E-state index contributed by atoms with van der Waals surface area (Å²) < 4.78 is 10.9. The number of carbonyl (C=O) groups excluding carboxylic acids is 1. The van der Waals surface area contributed by atoms with E-state index >= 15 is 0 Å². The molecule has 0 spiro atoms. The van der Waals surface area contributed by atoms with E-state index in [4.69, 9.17) is 9.47 Å². The molecule has 1 aromatic rings. The molecule has 0 bridgehead atoms. The molecule has 4 nitrogen and oxygen atoms in total. The maximum atomic E-state index is 11.0. The third-order valence-corrected chi connectivity index (χ3v) is 2.39. The van der Waals surface area contributed by atoms with Gasteiger partial charge >= 0.3 is 0 Å². The Kier molecular flexibility index (Phi) is 2.99. The quantitative estimate of drug-likeness (QED) is 0.827. The fourth-order valence-corrected chi connectivity index (χ4v) is 1.65. The minimum absolute atomic E-state index is 0.00444. The van der Waals surface area contributed by atoms with Crippen LogP contribution in [0, 0.1) is 0 Å². The second-order valence-electron chi connectivity index (χ2n) is 3.86. The molecule has 1 N–H and O–H groups in total. The van der Waals surface area contributed by atoms with Crippen molar-refractivity contribution < 1.29 is 19.4 Å². The van der Waals surface area contributed by atoms with Crippen molar-refractivity contribution in [3.63, 3.8) is 0 Å². The molecule has 0 saturated carbocycles. The van der Waals surface area contributed by atoms with Crippen LogP contribution in [0.15, 0.2) is 12.1 Å². The number of ketones is 1. The van der Waals surface area contributed by atoms with Crippen molar-refractivity contribution in [3.05, 3.63) is 17.7 Å². The molecule has 16 heavy (non-hydrogen) atoms. The smallest absolute Gasteiger partial charge is 0.164 e. The number of hydrogen-bond acceptors (Lipinski definition) is 4. The van der Waals surface area contributed by atoms with Crippen molar-refractivity contribution in [1.82, 2.24) is 0 Å². The number of rotatable bonds is 2. The molecule has 86 valence electrons. The Morgan fingerprint density at radius 1 is 1.31 bits per heavy atom. The van der Waals surface area contributed by atoms with Gasteiger partial charge in [0.15, 0.2) is 11.5 Å². The Morgan fingerprint density at radius 3 is 2.56 bits per heavy atom. The molecule has 1 heterocycles. The van der Waals surface area contributed by atoms with Crippen molar-refractivity contribution in [1.29, 1.82) is 0 Å². The van der Waals surface area contributed by atoms with Crippen LogP contribution < -0.4 is 9.47 Å². The summed E-state index contributed by atoms with van der Waals surface area (Å²) in [7, 11) is 0. The summed E-state index contributed by atoms with van der Waals surface area (Å²) in [5.74, 6) is 1.23. The average Bonchev–Trinajstić information content (AvgIpc) is 2.42. The van der Waals surface area contributed by atoms with Crippen LogP contribution in [0.3, 0.4) is 0 Å². The summed E-state index contributed by atoms with van der Waals surface area (Å²) in [4.78, 5) is 11.0. The third kappa shape index (κ3) is 2.27. The number of Topliss-reactive ketones (excluding diaryl/α,β-unsaturated/α-hetero) is 1. The van der Waals surface area contributed by atoms with Crippen molar-refractivity contribution in [2.45, 2.75) is 19.8 Å². The van der Waals surface area contributed by atoms with Crippen LogP contribution in [-0.4, -0.2) is 24.1 Å².